The molecule has 2 N–H and O–H groups in total. The summed E-state index contributed by atoms with van der Waals surface area (Å²) in [5.74, 6) is -13.3. The zero-order valence-electron chi connectivity index (χ0n) is 80.5. The zero-order valence-corrected chi connectivity index (χ0v) is 88.4. The Morgan fingerprint density at radius 3 is 0.959 bits per heavy atom. The number of alkyl halides is 3. The van der Waals surface area contributed by atoms with Gasteiger partial charge in [-0.3, -0.25) is 23.3 Å². The van der Waals surface area contributed by atoms with Crippen molar-refractivity contribution < 1.29 is 130 Å². The van der Waals surface area contributed by atoms with E-state index in [9.17, 15) is 74.8 Å². The van der Waals surface area contributed by atoms with Gasteiger partial charge in [0.2, 0.25) is 10.0 Å². The monoisotopic (exact) mass is 2220 g/mol. The molecule has 12 aromatic rings. The summed E-state index contributed by atoms with van der Waals surface area (Å²) in [7, 11) is -8.32. The Morgan fingerprint density at radius 1 is 0.428 bits per heavy atom. The number of carbonyl (C=O) groups excluding carboxylic acids is 4. The van der Waals surface area contributed by atoms with Crippen LogP contribution in [-0.2, 0) is 87.1 Å². The van der Waals surface area contributed by atoms with Crippen molar-refractivity contribution in [2.45, 2.75) is 165 Å². The average Bonchev–Trinajstić information content (AvgIpc) is 1.63. The minimum Gasteiger partial charge on any atom is -0.542 e. The summed E-state index contributed by atoms with van der Waals surface area (Å²) in [6.45, 7) is 25.6. The van der Waals surface area contributed by atoms with Crippen LogP contribution < -0.4 is 24.5 Å². The molecule has 0 fully saturated rings. The zero-order chi connectivity index (χ0) is 108. The average molecular weight is 2220 g/mol. The first-order valence-corrected chi connectivity index (χ1v) is 53.2. The lowest BCUT2D eigenvalue weighted by Gasteiger charge is -2.35. The first-order chi connectivity index (χ1) is 67.9. The highest BCUT2D eigenvalue weighted by atomic mass is 35.5. The highest BCUT2D eigenvalue weighted by Gasteiger charge is 2.37. The van der Waals surface area contributed by atoms with E-state index < -0.39 is 154 Å². The number of unbranched alkanes of at least 4 members (excludes halogenated alkanes) is 1. The van der Waals surface area contributed by atoms with Gasteiger partial charge in [0.05, 0.1) is 126 Å². The van der Waals surface area contributed by atoms with Crippen LogP contribution in [0.3, 0.4) is 0 Å². The fraction of sp³-hybridized carbons (Fsp3) is 0.323. The molecule has 0 radical (unpaired) electrons. The number of rotatable bonds is 38. The van der Waals surface area contributed by atoms with Crippen molar-refractivity contribution >= 4 is 135 Å². The minimum atomic E-state index is -5.19. The molecule has 0 aliphatic carbocycles. The van der Waals surface area contributed by atoms with Crippen molar-refractivity contribution in [2.24, 2.45) is 5.14 Å². The van der Waals surface area contributed by atoms with Crippen molar-refractivity contribution in [2.75, 3.05) is 72.2 Å². The number of hydrogen-bond acceptors (Lipinski definition) is 22. The molecule has 0 bridgehead atoms. The van der Waals surface area contributed by atoms with Crippen LogP contribution in [0.2, 0.25) is 15.1 Å². The summed E-state index contributed by atoms with van der Waals surface area (Å²) in [4.78, 5) is 54.4. The number of ketones is 1. The number of thioether (sulfide) groups is 3. The van der Waals surface area contributed by atoms with E-state index in [0.717, 1.165) is 101 Å². The quantitative estimate of drug-likeness (QED) is 0.00938. The Kier molecular flexibility index (Phi) is 42.6. The number of halogens is 16. The van der Waals surface area contributed by atoms with Gasteiger partial charge in [0.25, 0.3) is 0 Å². The molecule has 24 nitrogen and oxygen atoms in total. The fourth-order valence-corrected chi connectivity index (χ4v) is 21.3. The largest absolute Gasteiger partial charge is 0.542 e. The van der Waals surface area contributed by atoms with E-state index in [-0.39, 0.29) is 47.0 Å². The molecule has 0 saturated carbocycles. The second-order valence-electron chi connectivity index (χ2n) is 33.4. The second-order valence-corrected chi connectivity index (χ2v) is 43.3. The van der Waals surface area contributed by atoms with E-state index in [1.807, 2.05) is 71.9 Å². The van der Waals surface area contributed by atoms with Crippen molar-refractivity contribution in [1.82, 2.24) is 28.7 Å². The number of hydrogen-bond donors (Lipinski definition) is 1. The first kappa shape index (κ1) is 119. The normalized spacial score (nSPS) is 11.9. The second kappa shape index (κ2) is 51.7. The predicted octanol–water partition coefficient (Wildman–Crippen LogP) is 22.8. The molecule has 3 heterocycles. The van der Waals surface area contributed by atoms with Crippen LogP contribution in [-0.4, -0.2) is 160 Å². The summed E-state index contributed by atoms with van der Waals surface area (Å²) < 4.78 is 269. The van der Waals surface area contributed by atoms with Gasteiger partial charge < -0.3 is 38.1 Å². The summed E-state index contributed by atoms with van der Waals surface area (Å²) in [6.07, 6.45) is 1.15. The topological polar surface area (TPSA) is 319 Å². The lowest BCUT2D eigenvalue weighted by molar-refractivity contribution is -0.923. The molecule has 0 spiro atoms. The Balaban J connectivity index is 0.000000251. The molecule has 0 amide bonds. The van der Waals surface area contributed by atoms with Crippen LogP contribution in [0.4, 0.5) is 57.5 Å². The third kappa shape index (κ3) is 31.2. The number of methoxy groups -OCH3 is 3. The van der Waals surface area contributed by atoms with Gasteiger partial charge >= 0.3 is 17.6 Å². The van der Waals surface area contributed by atoms with Crippen molar-refractivity contribution in [3.05, 3.63) is 300 Å². The lowest BCUT2D eigenvalue weighted by atomic mass is 9.81. The van der Waals surface area contributed by atoms with E-state index in [0.29, 0.717) is 119 Å². The van der Waals surface area contributed by atoms with Gasteiger partial charge in [-0.25, -0.2) is 89.7 Å². The number of imidazole rings is 3. The standard InChI is InChI=1S/C38H46ClF3N3O4S2.C30H28ClF3N2O5S2.C26H23ClF3N3O3S2.C3H5ClO2.C2HF3O2/c1-7-45(8-2,9-3)19-11-10-12-29(46)25-51(47,48)30-21-33(41)31(34(42)22-30)24-50-37-43-23-36(44(37)28-16-14-27(40)15-17-28)38(4,5)26-13-18-32(39)35(20-26)49-6;1-5-41-28(37)17-43(38,39)21-13-24(33)22(25(34)14-21)16-42-29-35-15-27(36(29)20-9-7-19(32)8-10-20)30(2,3)18-6-11-23(31)26(12-18)40-4;1-26(2,15-4-9-20(27)23(10-15)36-3)24-13-32-25(33(24)17-7-5-16(28)6-8-17)37-14-19-21(29)11-18(12-22(19)30)38(31,34)35;1-2-6-3(4)5;3-2(4,5)1(6)7/h13-18,20-23H,7-12,19,24-25H2,1-6H3;6-15H,5,16-17H2,1-4H3;4-13H,14H2,1-3H3,(H2,31,34,35);2H2,1H3;(H,6,7)/q+1;;;;/p-1. The number of Topliss-reactive ketones (excluding diaryl/α,β-unsaturated/α-hetero) is 1. The Hall–Kier alpha value is -10.8. The summed E-state index contributed by atoms with van der Waals surface area (Å²) in [5.41, 5.74) is 2.53. The number of carboxylic acid groups (broad SMARTS) is 1. The highest BCUT2D eigenvalue weighted by molar-refractivity contribution is 7.99. The number of aliphatic carboxylic acids is 1. The number of sulfonamides is 1. The number of carboxylic acids is 1. The number of sulfone groups is 2. The molecule has 145 heavy (non-hydrogen) atoms. The van der Waals surface area contributed by atoms with E-state index in [1.165, 1.54) is 64.7 Å². The maximum Gasteiger partial charge on any atom is 0.430 e. The Labute approximate surface area is 864 Å². The Morgan fingerprint density at radius 2 is 0.710 bits per heavy atom. The molecular formula is C99H102Cl4F12N8O16S6. The molecule has 3 aromatic heterocycles. The van der Waals surface area contributed by atoms with Crippen LogP contribution in [0.5, 0.6) is 17.2 Å². The molecular weight excluding hydrogens is 2120 g/mol. The third-order valence-electron chi connectivity index (χ3n) is 23.2. The maximum atomic E-state index is 15.4. The third-order valence-corrected chi connectivity index (χ3v) is 31.3. The van der Waals surface area contributed by atoms with Crippen LogP contribution in [0.1, 0.15) is 146 Å². The van der Waals surface area contributed by atoms with E-state index in [4.69, 9.17) is 75.7 Å². The van der Waals surface area contributed by atoms with Crippen LogP contribution in [0, 0.1) is 52.4 Å². The number of nitrogens with zero attached hydrogens (tertiary/aromatic N) is 7. The number of benzene rings is 9. The van der Waals surface area contributed by atoms with Gasteiger partial charge in [0.15, 0.2) is 40.9 Å². The van der Waals surface area contributed by atoms with Crippen molar-refractivity contribution in [3.63, 3.8) is 0 Å². The molecule has 0 atom stereocenters. The van der Waals surface area contributed by atoms with Gasteiger partial charge in [-0.2, -0.15) is 13.2 Å². The predicted molar refractivity (Wildman–Crippen MR) is 530 cm³/mol. The van der Waals surface area contributed by atoms with E-state index >= 15 is 17.6 Å². The minimum absolute atomic E-state index is 0.0340. The van der Waals surface area contributed by atoms with Crippen molar-refractivity contribution in [1.29, 1.82) is 0 Å². The van der Waals surface area contributed by atoms with Gasteiger partial charge in [0.1, 0.15) is 87.1 Å². The van der Waals surface area contributed by atoms with Gasteiger partial charge in [-0.1, -0.05) is 130 Å². The highest BCUT2D eigenvalue weighted by Crippen LogP contribution is 2.45. The number of nitrogens with two attached hydrogens (primary N) is 1. The van der Waals surface area contributed by atoms with E-state index in [2.05, 4.69) is 45.2 Å². The van der Waals surface area contributed by atoms with Gasteiger partial charge in [0, 0.05) is 85.3 Å². The van der Waals surface area contributed by atoms with Crippen LogP contribution >= 0.6 is 81.7 Å². The van der Waals surface area contributed by atoms with Crippen LogP contribution in [0.15, 0.2) is 213 Å². The number of carbonyl (C=O) groups is 4. The summed E-state index contributed by atoms with van der Waals surface area (Å²) in [6, 6.07) is 37.7. The SMILES string of the molecule is CCOC(=O)CS(=O)(=O)c1cc(F)c(CSc2ncc(C(C)(C)c3ccc(Cl)c(OC)c3)n2-c2ccc(F)cc2)c(F)c1.CCOC(=O)Cl.CC[N+](CC)(CC)CCCCC(=O)CS(=O)(=O)c1cc(F)c(CSc2ncc(C(C)(C)c3ccc(Cl)c(OC)c3)n2-c2ccc(F)cc2)c(F)c1.COc1cc(C(C)(C)c2cnc(SCc3c(F)cc(S(N)(=O)=O)cc3F)n2-c2ccc(F)cc2)ccc1Cl.O=C([O-])C(F)(F)F. The number of aromatic nitrogens is 6. The number of quaternary nitrogens is 1. The molecule has 0 saturated heterocycles. The maximum absolute atomic E-state index is 15.4. The molecule has 12 rings (SSSR count). The molecule has 46 heteroatoms. The summed E-state index contributed by atoms with van der Waals surface area (Å²) in [5, 5.41) is 16.2. The first-order valence-electron chi connectivity index (χ1n) is 43.9. The van der Waals surface area contributed by atoms with Gasteiger partial charge in [-0.15, -0.1) is 0 Å². The lowest BCUT2D eigenvalue weighted by Crippen LogP contribution is -2.48. The molecule has 782 valence electrons. The molecule has 0 unspecified atom stereocenters. The van der Waals surface area contributed by atoms with E-state index in [1.54, 1.807) is 99.9 Å². The van der Waals surface area contributed by atoms with Gasteiger partial charge in [-0.05, 0) is 210 Å². The number of primary sulfonamides is 1. The van der Waals surface area contributed by atoms with Crippen molar-refractivity contribution in [3.8, 4) is 34.3 Å². The smallest absolute Gasteiger partial charge is 0.430 e. The molecule has 0 aliphatic rings. The Bertz CT molecular complexity index is 6890. The summed E-state index contributed by atoms with van der Waals surface area (Å²) >= 11 is 26.5. The number of esters is 1. The number of ether oxygens (including phenoxy) is 5. The molecule has 0 aliphatic heterocycles. The molecule has 9 aromatic carbocycles. The van der Waals surface area contributed by atoms with Crippen LogP contribution in [0.25, 0.3) is 17.1 Å². The fourth-order valence-electron chi connectivity index (χ4n) is 14.7.